The van der Waals surface area contributed by atoms with Gasteiger partial charge < -0.3 is 10.8 Å². The van der Waals surface area contributed by atoms with Gasteiger partial charge in [0, 0.05) is 13.2 Å². The van der Waals surface area contributed by atoms with Crippen LogP contribution in [0.25, 0.3) is 6.08 Å². The van der Waals surface area contributed by atoms with Gasteiger partial charge in [-0.25, -0.2) is 5.48 Å². The number of hydrazine groups is 1. The number of hydrogen-bond donors (Lipinski definition) is 5. The molecule has 0 heterocycles. The second-order valence-electron chi connectivity index (χ2n) is 8.91. The van der Waals surface area contributed by atoms with E-state index in [1.807, 2.05) is 50.3 Å². The summed E-state index contributed by atoms with van der Waals surface area (Å²) in [6.45, 7) is 5.71. The topological polar surface area (TPSA) is 145 Å². The number of nitrogens with one attached hydrogen (secondary N) is 2. The number of nitrogens with two attached hydrogens (primary N) is 1. The molecule has 0 bridgehead atoms. The molecular formula is C25H40N4O5. The number of benzene rings is 1. The van der Waals surface area contributed by atoms with Crippen LogP contribution < -0.4 is 16.6 Å². The first-order chi connectivity index (χ1) is 16.2. The highest BCUT2D eigenvalue weighted by molar-refractivity contribution is 5.89. The first kappa shape index (κ1) is 29.3. The Balaban J connectivity index is 3.08. The van der Waals surface area contributed by atoms with Crippen molar-refractivity contribution in [1.29, 1.82) is 0 Å². The molecule has 1 aromatic rings. The van der Waals surface area contributed by atoms with E-state index >= 15 is 0 Å². The Morgan fingerprint density at radius 1 is 1.03 bits per heavy atom. The molecule has 0 unspecified atom stereocenters. The van der Waals surface area contributed by atoms with Crippen molar-refractivity contribution in [3.8, 4) is 0 Å². The zero-order valence-corrected chi connectivity index (χ0v) is 20.4. The number of hydrogen-bond acceptors (Lipinski definition) is 6. The van der Waals surface area contributed by atoms with Crippen molar-refractivity contribution in [2.75, 3.05) is 13.2 Å². The fraction of sp³-hybridized carbons (Fsp3) is 0.560. The van der Waals surface area contributed by atoms with Crippen LogP contribution in [0.2, 0.25) is 0 Å². The maximum atomic E-state index is 13.3. The highest BCUT2D eigenvalue weighted by atomic mass is 16.5. The van der Waals surface area contributed by atoms with Gasteiger partial charge in [0.05, 0.1) is 17.9 Å². The summed E-state index contributed by atoms with van der Waals surface area (Å²) in [5.74, 6) is -3.11. The van der Waals surface area contributed by atoms with E-state index in [2.05, 4.69) is 5.43 Å². The van der Waals surface area contributed by atoms with Crippen LogP contribution in [0.5, 0.6) is 0 Å². The molecule has 190 valence electrons. The van der Waals surface area contributed by atoms with Gasteiger partial charge in [-0.3, -0.25) is 30.0 Å². The molecule has 0 aliphatic carbocycles. The van der Waals surface area contributed by atoms with E-state index in [1.54, 1.807) is 11.6 Å². The lowest BCUT2D eigenvalue weighted by atomic mass is 9.82. The van der Waals surface area contributed by atoms with Gasteiger partial charge in [0.1, 0.15) is 0 Å². The zero-order valence-electron chi connectivity index (χ0n) is 20.4. The van der Waals surface area contributed by atoms with Gasteiger partial charge in [0.2, 0.25) is 11.8 Å². The molecule has 0 aromatic heterocycles. The lowest BCUT2D eigenvalue weighted by Crippen LogP contribution is -2.54. The second-order valence-corrected chi connectivity index (χ2v) is 8.91. The van der Waals surface area contributed by atoms with E-state index < -0.39 is 35.6 Å². The number of amides is 3. The Morgan fingerprint density at radius 2 is 1.71 bits per heavy atom. The predicted octanol–water partition coefficient (Wildman–Crippen LogP) is 2.24. The van der Waals surface area contributed by atoms with E-state index in [1.165, 1.54) is 11.9 Å². The summed E-state index contributed by atoms with van der Waals surface area (Å²) in [5.41, 5.74) is 11.1. The van der Waals surface area contributed by atoms with Crippen molar-refractivity contribution in [3.63, 3.8) is 0 Å². The number of rotatable bonds is 14. The third-order valence-electron chi connectivity index (χ3n) is 5.44. The van der Waals surface area contributed by atoms with Crippen molar-refractivity contribution in [1.82, 2.24) is 15.9 Å². The molecule has 0 radical (unpaired) electrons. The number of carbonyl (C=O) groups excluding carboxylic acids is 3. The summed E-state index contributed by atoms with van der Waals surface area (Å²) >= 11 is 0. The molecule has 34 heavy (non-hydrogen) atoms. The SMILES string of the molecule is CC(C)C[C@@H](C(=O)NN(CCCCCO)C(=O)[C@@H](C)N)[C@H](CC=Cc1ccccc1)C(=O)NO. The van der Waals surface area contributed by atoms with Crippen molar-refractivity contribution in [2.45, 2.75) is 58.9 Å². The van der Waals surface area contributed by atoms with E-state index in [-0.39, 0.29) is 25.5 Å². The molecule has 6 N–H and O–H groups in total. The average Bonchev–Trinajstić information content (AvgIpc) is 2.82. The van der Waals surface area contributed by atoms with Crippen LogP contribution in [0.3, 0.4) is 0 Å². The van der Waals surface area contributed by atoms with Crippen molar-refractivity contribution >= 4 is 23.8 Å². The van der Waals surface area contributed by atoms with Crippen LogP contribution in [-0.4, -0.2) is 52.2 Å². The van der Waals surface area contributed by atoms with Gasteiger partial charge in [-0.2, -0.15) is 0 Å². The van der Waals surface area contributed by atoms with Gasteiger partial charge in [0.25, 0.3) is 5.91 Å². The van der Waals surface area contributed by atoms with Crippen LogP contribution >= 0.6 is 0 Å². The van der Waals surface area contributed by atoms with Crippen LogP contribution in [0.15, 0.2) is 36.4 Å². The summed E-state index contributed by atoms with van der Waals surface area (Å²) in [7, 11) is 0. The van der Waals surface area contributed by atoms with Crippen LogP contribution in [0, 0.1) is 17.8 Å². The maximum Gasteiger partial charge on any atom is 0.257 e. The molecule has 9 heteroatoms. The number of unbranched alkanes of at least 4 members (excludes halogenated alkanes) is 2. The standard InChI is InChI=1S/C25H40N4O5/c1-18(2)17-22(21(24(32)28-34)14-10-13-20-11-6-4-7-12-20)23(31)27-29(25(33)19(3)26)15-8-5-9-16-30/h4,6-7,10-13,18-19,21-22,30,34H,5,8-9,14-17,26H2,1-3H3,(H,27,31)(H,28,32)/t19-,21+,22-/m1/s1. The van der Waals surface area contributed by atoms with Crippen molar-refractivity contribution in [2.24, 2.45) is 23.5 Å². The normalized spacial score (nSPS) is 14.0. The van der Waals surface area contributed by atoms with Crippen molar-refractivity contribution in [3.05, 3.63) is 42.0 Å². The molecule has 1 rings (SSSR count). The summed E-state index contributed by atoms with van der Waals surface area (Å²) in [4.78, 5) is 38.5. The molecular weight excluding hydrogens is 436 g/mol. The average molecular weight is 477 g/mol. The molecule has 3 amide bonds. The Morgan fingerprint density at radius 3 is 2.26 bits per heavy atom. The molecule has 0 saturated carbocycles. The van der Waals surface area contributed by atoms with Gasteiger partial charge >= 0.3 is 0 Å². The molecule has 0 aliphatic rings. The number of carbonyl (C=O) groups is 3. The van der Waals surface area contributed by atoms with Gasteiger partial charge in [0.15, 0.2) is 0 Å². The number of nitrogens with zero attached hydrogens (tertiary/aromatic N) is 1. The lowest BCUT2D eigenvalue weighted by molar-refractivity contribution is -0.147. The molecule has 0 fully saturated rings. The molecule has 0 spiro atoms. The third kappa shape index (κ3) is 10.5. The predicted molar refractivity (Wildman–Crippen MR) is 131 cm³/mol. The number of aliphatic hydroxyl groups is 1. The summed E-state index contributed by atoms with van der Waals surface area (Å²) in [6.07, 6.45) is 6.12. The van der Waals surface area contributed by atoms with E-state index in [9.17, 15) is 19.6 Å². The van der Waals surface area contributed by atoms with Gasteiger partial charge in [-0.15, -0.1) is 0 Å². The van der Waals surface area contributed by atoms with Gasteiger partial charge in [-0.05, 0) is 50.5 Å². The zero-order chi connectivity index (χ0) is 25.5. The van der Waals surface area contributed by atoms with Crippen LogP contribution in [0.1, 0.15) is 58.4 Å². The second kappa shape index (κ2) is 16.0. The summed E-state index contributed by atoms with van der Waals surface area (Å²) < 4.78 is 0. The minimum Gasteiger partial charge on any atom is -0.396 e. The number of allylic oxidation sites excluding steroid dienone is 1. The summed E-state index contributed by atoms with van der Waals surface area (Å²) in [6, 6.07) is 8.73. The monoisotopic (exact) mass is 476 g/mol. The van der Waals surface area contributed by atoms with Crippen molar-refractivity contribution < 1.29 is 24.7 Å². The fourth-order valence-electron chi connectivity index (χ4n) is 3.66. The quantitative estimate of drug-likeness (QED) is 0.158. The molecule has 0 aliphatic heterocycles. The molecule has 9 nitrogen and oxygen atoms in total. The molecule has 0 saturated heterocycles. The number of hydroxylamine groups is 1. The first-order valence-corrected chi connectivity index (χ1v) is 11.8. The van der Waals surface area contributed by atoms with E-state index in [0.717, 1.165) is 5.56 Å². The highest BCUT2D eigenvalue weighted by Gasteiger charge is 2.35. The Bertz CT molecular complexity index is 783. The molecule has 3 atom stereocenters. The third-order valence-corrected chi connectivity index (χ3v) is 5.44. The highest BCUT2D eigenvalue weighted by Crippen LogP contribution is 2.25. The van der Waals surface area contributed by atoms with Gasteiger partial charge in [-0.1, -0.05) is 56.3 Å². The maximum absolute atomic E-state index is 13.3. The Labute approximate surface area is 202 Å². The van der Waals surface area contributed by atoms with E-state index in [0.29, 0.717) is 25.7 Å². The Kier molecular flexibility index (Phi) is 13.8. The van der Waals surface area contributed by atoms with E-state index in [4.69, 9.17) is 10.8 Å². The van der Waals surface area contributed by atoms with Crippen LogP contribution in [0.4, 0.5) is 0 Å². The smallest absolute Gasteiger partial charge is 0.257 e. The Hall–Kier alpha value is -2.75. The lowest BCUT2D eigenvalue weighted by Gasteiger charge is -2.30. The fourth-order valence-corrected chi connectivity index (χ4v) is 3.66. The minimum absolute atomic E-state index is 0.0541. The largest absolute Gasteiger partial charge is 0.396 e. The summed E-state index contributed by atoms with van der Waals surface area (Å²) in [5, 5.41) is 19.5. The first-order valence-electron chi connectivity index (χ1n) is 11.8. The number of aliphatic hydroxyl groups excluding tert-OH is 1. The van der Waals surface area contributed by atoms with Crippen LogP contribution in [-0.2, 0) is 14.4 Å². The molecule has 1 aromatic carbocycles. The minimum atomic E-state index is -0.839.